The lowest BCUT2D eigenvalue weighted by atomic mass is 10.2. The highest BCUT2D eigenvalue weighted by atomic mass is 35.5. The smallest absolute Gasteiger partial charge is 0.344 e. The Bertz CT molecular complexity index is 750. The van der Waals surface area contributed by atoms with Crippen molar-refractivity contribution in [2.45, 2.75) is 13.5 Å². The molecular formula is C19H20ClNO5. The van der Waals surface area contributed by atoms with E-state index in [4.69, 9.17) is 25.8 Å². The lowest BCUT2D eigenvalue weighted by Gasteiger charge is -2.11. The highest BCUT2D eigenvalue weighted by Gasteiger charge is 2.10. The third-order valence-electron chi connectivity index (χ3n) is 3.24. The van der Waals surface area contributed by atoms with Gasteiger partial charge in [0.25, 0.3) is 5.91 Å². The van der Waals surface area contributed by atoms with Crippen molar-refractivity contribution < 1.29 is 23.8 Å². The largest absolute Gasteiger partial charge is 0.490 e. The first kappa shape index (κ1) is 19.6. The molecule has 6 nitrogen and oxygen atoms in total. The summed E-state index contributed by atoms with van der Waals surface area (Å²) in [6.07, 6.45) is 0. The van der Waals surface area contributed by atoms with Crippen LogP contribution in [0.2, 0.25) is 5.02 Å². The number of benzene rings is 2. The van der Waals surface area contributed by atoms with Crippen LogP contribution in [-0.4, -0.2) is 31.7 Å². The summed E-state index contributed by atoms with van der Waals surface area (Å²) in [5.41, 5.74) is 0.855. The van der Waals surface area contributed by atoms with E-state index in [-0.39, 0.29) is 13.2 Å². The molecule has 138 valence electrons. The molecular weight excluding hydrogens is 358 g/mol. The van der Waals surface area contributed by atoms with Crippen LogP contribution in [0.1, 0.15) is 12.5 Å². The Hall–Kier alpha value is -2.73. The van der Waals surface area contributed by atoms with E-state index in [1.807, 2.05) is 13.0 Å². The van der Waals surface area contributed by atoms with Gasteiger partial charge in [-0.1, -0.05) is 35.9 Å². The van der Waals surface area contributed by atoms with Gasteiger partial charge in [-0.3, -0.25) is 4.79 Å². The molecule has 1 N–H and O–H groups in total. The molecule has 0 bridgehead atoms. The summed E-state index contributed by atoms with van der Waals surface area (Å²) < 4.78 is 15.7. The van der Waals surface area contributed by atoms with Crippen molar-refractivity contribution in [3.05, 3.63) is 59.1 Å². The first-order chi connectivity index (χ1) is 12.6. The van der Waals surface area contributed by atoms with Crippen LogP contribution in [0, 0.1) is 0 Å². The van der Waals surface area contributed by atoms with Crippen LogP contribution in [0.4, 0.5) is 0 Å². The van der Waals surface area contributed by atoms with E-state index in [9.17, 15) is 9.59 Å². The number of hydrogen-bond donors (Lipinski definition) is 1. The molecule has 2 aromatic carbocycles. The lowest BCUT2D eigenvalue weighted by molar-refractivity contribution is -0.150. The average molecular weight is 378 g/mol. The van der Waals surface area contributed by atoms with Crippen LogP contribution < -0.4 is 14.8 Å². The van der Waals surface area contributed by atoms with Gasteiger partial charge in [0.1, 0.15) is 0 Å². The molecule has 0 atom stereocenters. The third kappa shape index (κ3) is 6.64. The van der Waals surface area contributed by atoms with Gasteiger partial charge >= 0.3 is 5.97 Å². The van der Waals surface area contributed by atoms with Gasteiger partial charge in [0.2, 0.25) is 0 Å². The van der Waals surface area contributed by atoms with Crippen molar-refractivity contribution in [1.29, 1.82) is 0 Å². The molecule has 0 spiro atoms. The van der Waals surface area contributed by atoms with E-state index in [0.29, 0.717) is 29.7 Å². The van der Waals surface area contributed by atoms with Gasteiger partial charge in [0, 0.05) is 11.6 Å². The Kier molecular flexibility index (Phi) is 7.76. The fraction of sp³-hybridized carbons (Fsp3) is 0.263. The van der Waals surface area contributed by atoms with E-state index in [1.54, 1.807) is 42.5 Å². The van der Waals surface area contributed by atoms with Crippen molar-refractivity contribution in [1.82, 2.24) is 5.32 Å². The number of hydrogen-bond acceptors (Lipinski definition) is 5. The Morgan fingerprint density at radius 2 is 1.73 bits per heavy atom. The van der Waals surface area contributed by atoms with Crippen LogP contribution in [0.3, 0.4) is 0 Å². The Balaban J connectivity index is 1.70. The van der Waals surface area contributed by atoms with Crippen LogP contribution in [0.15, 0.2) is 48.5 Å². The summed E-state index contributed by atoms with van der Waals surface area (Å²) in [5.74, 6) is -0.0685. The van der Waals surface area contributed by atoms with Crippen molar-refractivity contribution in [2.24, 2.45) is 0 Å². The molecule has 0 aliphatic heterocycles. The van der Waals surface area contributed by atoms with Crippen molar-refractivity contribution in [2.75, 3.05) is 19.8 Å². The highest BCUT2D eigenvalue weighted by molar-refractivity contribution is 6.30. The molecule has 1 amide bonds. The molecule has 0 radical (unpaired) electrons. The summed E-state index contributed by atoms with van der Waals surface area (Å²) in [6, 6.07) is 14.1. The number of nitrogens with one attached hydrogen (secondary N) is 1. The number of carbonyl (C=O) groups excluding carboxylic acids is 2. The number of halogens is 1. The topological polar surface area (TPSA) is 73.9 Å². The second kappa shape index (κ2) is 10.3. The van der Waals surface area contributed by atoms with Gasteiger partial charge in [-0.15, -0.1) is 0 Å². The summed E-state index contributed by atoms with van der Waals surface area (Å²) >= 11 is 5.87. The second-order valence-corrected chi connectivity index (χ2v) is 5.67. The minimum Gasteiger partial charge on any atom is -0.490 e. The van der Waals surface area contributed by atoms with Crippen LogP contribution >= 0.6 is 11.6 Å². The van der Waals surface area contributed by atoms with Crippen LogP contribution in [0.5, 0.6) is 11.5 Å². The average Bonchev–Trinajstić information content (AvgIpc) is 2.64. The van der Waals surface area contributed by atoms with Crippen molar-refractivity contribution in [3.63, 3.8) is 0 Å². The SMILES string of the molecule is CCOc1ccccc1OCC(=O)OCC(=O)NCc1cccc(Cl)c1. The molecule has 0 aliphatic rings. The van der Waals surface area contributed by atoms with Gasteiger partial charge < -0.3 is 19.5 Å². The Morgan fingerprint density at radius 1 is 1.00 bits per heavy atom. The Labute approximate surface area is 157 Å². The summed E-state index contributed by atoms with van der Waals surface area (Å²) in [4.78, 5) is 23.5. The maximum absolute atomic E-state index is 11.7. The van der Waals surface area contributed by atoms with Crippen LogP contribution in [0.25, 0.3) is 0 Å². The number of para-hydroxylation sites is 2. The summed E-state index contributed by atoms with van der Waals surface area (Å²) in [5, 5.41) is 3.24. The molecule has 2 rings (SSSR count). The first-order valence-electron chi connectivity index (χ1n) is 8.10. The van der Waals surface area contributed by atoms with Gasteiger partial charge in [-0.25, -0.2) is 4.79 Å². The van der Waals surface area contributed by atoms with Crippen molar-refractivity contribution >= 4 is 23.5 Å². The zero-order valence-corrected chi connectivity index (χ0v) is 15.1. The zero-order chi connectivity index (χ0) is 18.8. The molecule has 0 saturated heterocycles. The van der Waals surface area contributed by atoms with Gasteiger partial charge in [0.15, 0.2) is 24.7 Å². The molecule has 0 aliphatic carbocycles. The molecule has 2 aromatic rings. The highest BCUT2D eigenvalue weighted by Crippen LogP contribution is 2.26. The van der Waals surface area contributed by atoms with Crippen molar-refractivity contribution in [3.8, 4) is 11.5 Å². The van der Waals surface area contributed by atoms with Crippen LogP contribution in [-0.2, 0) is 20.9 Å². The number of rotatable bonds is 9. The van der Waals surface area contributed by atoms with Gasteiger partial charge in [0.05, 0.1) is 6.61 Å². The first-order valence-corrected chi connectivity index (χ1v) is 8.47. The summed E-state index contributed by atoms with van der Waals surface area (Å²) in [6.45, 7) is 1.95. The minimum atomic E-state index is -0.644. The van der Waals surface area contributed by atoms with E-state index in [0.717, 1.165) is 5.56 Å². The number of carbonyl (C=O) groups is 2. The number of esters is 1. The van der Waals surface area contributed by atoms with E-state index in [2.05, 4.69) is 5.32 Å². The monoisotopic (exact) mass is 377 g/mol. The molecule has 26 heavy (non-hydrogen) atoms. The summed E-state index contributed by atoms with van der Waals surface area (Å²) in [7, 11) is 0. The van der Waals surface area contributed by atoms with Gasteiger partial charge in [-0.2, -0.15) is 0 Å². The zero-order valence-electron chi connectivity index (χ0n) is 14.4. The number of amides is 1. The van der Waals surface area contributed by atoms with E-state index >= 15 is 0 Å². The second-order valence-electron chi connectivity index (χ2n) is 5.24. The van der Waals surface area contributed by atoms with E-state index < -0.39 is 11.9 Å². The molecule has 7 heteroatoms. The van der Waals surface area contributed by atoms with E-state index in [1.165, 1.54) is 0 Å². The predicted molar refractivity (Wildman–Crippen MR) is 97.4 cm³/mol. The molecule has 0 saturated carbocycles. The Morgan fingerprint density at radius 3 is 2.42 bits per heavy atom. The molecule has 0 aromatic heterocycles. The maximum Gasteiger partial charge on any atom is 0.344 e. The fourth-order valence-electron chi connectivity index (χ4n) is 2.07. The molecule has 0 heterocycles. The fourth-order valence-corrected chi connectivity index (χ4v) is 2.28. The third-order valence-corrected chi connectivity index (χ3v) is 3.47. The number of ether oxygens (including phenoxy) is 3. The standard InChI is InChI=1S/C19H20ClNO5/c1-2-24-16-8-3-4-9-17(16)25-13-19(23)26-12-18(22)21-11-14-6-5-7-15(20)10-14/h3-10H,2,11-13H2,1H3,(H,21,22). The van der Waals surface area contributed by atoms with Gasteiger partial charge in [-0.05, 0) is 36.8 Å². The normalized spacial score (nSPS) is 10.1. The molecule has 0 fully saturated rings. The minimum absolute atomic E-state index is 0.301. The quantitative estimate of drug-likeness (QED) is 0.680. The molecule has 0 unspecified atom stereocenters. The lowest BCUT2D eigenvalue weighted by Crippen LogP contribution is -2.29. The predicted octanol–water partition coefficient (Wildman–Crippen LogP) is 2.98. The maximum atomic E-state index is 11.7.